The molecule has 8 heteroatoms. The van der Waals surface area contributed by atoms with Crippen molar-refractivity contribution in [2.75, 3.05) is 36.4 Å². The number of ketones is 1. The number of aryl methyl sites for hydroxylation is 1. The molecule has 0 radical (unpaired) electrons. The highest BCUT2D eigenvalue weighted by atomic mass is 19.1. The molecule has 1 fully saturated rings. The molecule has 2 heterocycles. The van der Waals surface area contributed by atoms with E-state index in [2.05, 4.69) is 10.5 Å². The van der Waals surface area contributed by atoms with E-state index in [0.717, 1.165) is 0 Å². The number of halogens is 1. The first kappa shape index (κ1) is 19.0. The van der Waals surface area contributed by atoms with Crippen LogP contribution in [-0.2, 0) is 4.79 Å². The van der Waals surface area contributed by atoms with E-state index in [4.69, 9.17) is 4.52 Å². The highest BCUT2D eigenvalue weighted by Crippen LogP contribution is 2.23. The molecule has 0 spiro atoms. The lowest BCUT2D eigenvalue weighted by Crippen LogP contribution is -2.53. The maximum Gasteiger partial charge on any atom is 0.242 e. The van der Waals surface area contributed by atoms with Crippen molar-refractivity contribution >= 4 is 23.2 Å². The molecule has 1 amide bonds. The third kappa shape index (κ3) is 4.33. The zero-order valence-electron chi connectivity index (χ0n) is 15.7. The number of amides is 1. The van der Waals surface area contributed by atoms with E-state index in [9.17, 15) is 14.0 Å². The fourth-order valence-corrected chi connectivity index (χ4v) is 3.15. The Labute approximate surface area is 157 Å². The Morgan fingerprint density at radius 3 is 2.48 bits per heavy atom. The summed E-state index contributed by atoms with van der Waals surface area (Å²) in [5, 5.41) is 6.50. The van der Waals surface area contributed by atoms with Gasteiger partial charge in [0.05, 0.1) is 11.7 Å². The number of piperazine rings is 1. The second-order valence-corrected chi connectivity index (χ2v) is 6.73. The fraction of sp³-hybridized carbons (Fsp3) is 0.421. The van der Waals surface area contributed by atoms with Gasteiger partial charge < -0.3 is 14.7 Å². The number of nitrogens with one attached hydrogen (secondary N) is 1. The maximum atomic E-state index is 14.3. The van der Waals surface area contributed by atoms with Crippen LogP contribution < -0.4 is 10.2 Å². The predicted octanol–water partition coefficient (Wildman–Crippen LogP) is 2.47. The van der Waals surface area contributed by atoms with E-state index in [-0.39, 0.29) is 17.7 Å². The smallest absolute Gasteiger partial charge is 0.242 e. The molecular weight excluding hydrogens is 351 g/mol. The Kier molecular flexibility index (Phi) is 5.55. The number of rotatable bonds is 5. The lowest BCUT2D eigenvalue weighted by Gasteiger charge is -2.38. The number of aromatic nitrogens is 1. The number of anilines is 2. The fourth-order valence-electron chi connectivity index (χ4n) is 3.15. The van der Waals surface area contributed by atoms with Crippen LogP contribution in [0.2, 0.25) is 0 Å². The lowest BCUT2D eigenvalue weighted by atomic mass is 10.1. The van der Waals surface area contributed by atoms with Crippen molar-refractivity contribution in [2.45, 2.75) is 26.8 Å². The summed E-state index contributed by atoms with van der Waals surface area (Å²) >= 11 is 0. The molecule has 144 valence electrons. The summed E-state index contributed by atoms with van der Waals surface area (Å²) < 4.78 is 19.3. The van der Waals surface area contributed by atoms with E-state index in [0.29, 0.717) is 49.0 Å². The third-order valence-electron chi connectivity index (χ3n) is 4.82. The van der Waals surface area contributed by atoms with Crippen molar-refractivity contribution < 1.29 is 18.5 Å². The maximum absolute atomic E-state index is 14.3. The lowest BCUT2D eigenvalue weighted by molar-refractivity contribution is -0.120. The summed E-state index contributed by atoms with van der Waals surface area (Å²) in [4.78, 5) is 27.7. The first-order valence-electron chi connectivity index (χ1n) is 8.89. The van der Waals surface area contributed by atoms with Gasteiger partial charge in [-0.1, -0.05) is 5.16 Å². The molecule has 7 nitrogen and oxygen atoms in total. The molecule has 3 rings (SSSR count). The van der Waals surface area contributed by atoms with Gasteiger partial charge in [-0.15, -0.1) is 0 Å². The van der Waals surface area contributed by atoms with Crippen molar-refractivity contribution in [1.82, 2.24) is 10.1 Å². The molecule has 27 heavy (non-hydrogen) atoms. The van der Waals surface area contributed by atoms with Gasteiger partial charge in [0.25, 0.3) is 0 Å². The summed E-state index contributed by atoms with van der Waals surface area (Å²) in [5.41, 5.74) is 0.845. The summed E-state index contributed by atoms with van der Waals surface area (Å²) in [6.07, 6.45) is 0. The van der Waals surface area contributed by atoms with Gasteiger partial charge in [-0.2, -0.15) is 0 Å². The first-order valence-corrected chi connectivity index (χ1v) is 8.89. The molecule has 1 aliphatic rings. The van der Waals surface area contributed by atoms with Crippen LogP contribution in [0.5, 0.6) is 0 Å². The summed E-state index contributed by atoms with van der Waals surface area (Å²) in [5.74, 6) is 0.310. The molecule has 1 atom stereocenters. The second-order valence-electron chi connectivity index (χ2n) is 6.73. The molecule has 2 aromatic rings. The molecule has 1 aromatic carbocycles. The van der Waals surface area contributed by atoms with Crippen LogP contribution in [0.4, 0.5) is 15.9 Å². The minimum atomic E-state index is -0.400. The normalized spacial score (nSPS) is 16.2. The number of Topliss-reactive ketones (excluding diaryl/α,β-unsaturated/α-hetero) is 1. The van der Waals surface area contributed by atoms with Crippen LogP contribution in [0, 0.1) is 12.7 Å². The first-order chi connectivity index (χ1) is 12.8. The van der Waals surface area contributed by atoms with Crippen LogP contribution in [0.1, 0.15) is 30.0 Å². The number of carbonyl (C=O) groups excluding carboxylic acids is 2. The summed E-state index contributed by atoms with van der Waals surface area (Å²) in [6.45, 7) is 7.45. The van der Waals surface area contributed by atoms with Crippen LogP contribution in [0.15, 0.2) is 28.8 Å². The minimum absolute atomic E-state index is 0.159. The zero-order valence-corrected chi connectivity index (χ0v) is 15.7. The monoisotopic (exact) mass is 374 g/mol. The predicted molar refractivity (Wildman–Crippen MR) is 99.5 cm³/mol. The molecule has 1 saturated heterocycles. The highest BCUT2D eigenvalue weighted by molar-refractivity contribution is 5.94. The van der Waals surface area contributed by atoms with Crippen molar-refractivity contribution in [1.29, 1.82) is 0 Å². The Hall–Kier alpha value is -2.74. The van der Waals surface area contributed by atoms with Gasteiger partial charge >= 0.3 is 0 Å². The molecular formula is C19H23FN4O3. The molecule has 1 N–H and O–H groups in total. The van der Waals surface area contributed by atoms with E-state index in [1.165, 1.54) is 13.0 Å². The number of hydrogen-bond acceptors (Lipinski definition) is 6. The van der Waals surface area contributed by atoms with E-state index in [1.54, 1.807) is 25.1 Å². The molecule has 0 unspecified atom stereocenters. The summed E-state index contributed by atoms with van der Waals surface area (Å²) in [7, 11) is 0. The van der Waals surface area contributed by atoms with Crippen LogP contribution in [0.3, 0.4) is 0 Å². The van der Waals surface area contributed by atoms with Crippen molar-refractivity contribution in [2.24, 2.45) is 0 Å². The average molecular weight is 374 g/mol. The summed E-state index contributed by atoms with van der Waals surface area (Å²) in [6, 6.07) is 5.89. The van der Waals surface area contributed by atoms with Gasteiger partial charge in [0.2, 0.25) is 5.91 Å². The zero-order chi connectivity index (χ0) is 19.6. The van der Waals surface area contributed by atoms with E-state index < -0.39 is 5.82 Å². The van der Waals surface area contributed by atoms with Crippen LogP contribution >= 0.6 is 0 Å². The van der Waals surface area contributed by atoms with Gasteiger partial charge in [-0.25, -0.2) is 4.39 Å². The number of hydrogen-bond donors (Lipinski definition) is 1. The Bertz CT molecular complexity index is 843. The van der Waals surface area contributed by atoms with E-state index in [1.807, 2.05) is 16.7 Å². The van der Waals surface area contributed by atoms with Crippen molar-refractivity contribution in [3.05, 3.63) is 41.4 Å². The SMILES string of the molecule is CC(=O)c1ccc(N2CCN([C@H](C)C(=O)Nc3cc(C)on3)CC2)c(F)c1. The van der Waals surface area contributed by atoms with Gasteiger partial charge in [0.15, 0.2) is 11.6 Å². The number of nitrogens with zero attached hydrogens (tertiary/aromatic N) is 3. The third-order valence-corrected chi connectivity index (χ3v) is 4.82. The standard InChI is InChI=1S/C19H23FN4O3/c1-12-10-18(22-27-12)21-19(26)13(2)23-6-8-24(9-7-23)17-5-4-15(14(3)25)11-16(17)20/h4-5,10-11,13H,6-9H2,1-3H3,(H,21,22,26)/t13-/m1/s1. The minimum Gasteiger partial charge on any atom is -0.367 e. The molecule has 1 aliphatic heterocycles. The number of benzene rings is 1. The van der Waals surface area contributed by atoms with Gasteiger partial charge in [-0.3, -0.25) is 14.5 Å². The van der Waals surface area contributed by atoms with Crippen molar-refractivity contribution in [3.63, 3.8) is 0 Å². The topological polar surface area (TPSA) is 78.7 Å². The number of carbonyl (C=O) groups is 2. The van der Waals surface area contributed by atoms with Gasteiger partial charge in [0, 0.05) is 37.8 Å². The second kappa shape index (κ2) is 7.87. The van der Waals surface area contributed by atoms with Crippen LogP contribution in [0.25, 0.3) is 0 Å². The van der Waals surface area contributed by atoms with Gasteiger partial charge in [0.1, 0.15) is 11.6 Å². The largest absolute Gasteiger partial charge is 0.367 e. The van der Waals surface area contributed by atoms with Crippen LogP contribution in [-0.4, -0.2) is 54.0 Å². The molecule has 0 saturated carbocycles. The quantitative estimate of drug-likeness (QED) is 0.810. The average Bonchev–Trinajstić information content (AvgIpc) is 3.05. The molecule has 1 aromatic heterocycles. The van der Waals surface area contributed by atoms with Crippen molar-refractivity contribution in [3.8, 4) is 0 Å². The Balaban J connectivity index is 1.58. The van der Waals surface area contributed by atoms with E-state index >= 15 is 0 Å². The highest BCUT2D eigenvalue weighted by Gasteiger charge is 2.27. The Morgan fingerprint density at radius 1 is 1.22 bits per heavy atom. The Morgan fingerprint density at radius 2 is 1.93 bits per heavy atom. The van der Waals surface area contributed by atoms with Gasteiger partial charge in [-0.05, 0) is 39.0 Å². The molecule has 0 bridgehead atoms. The molecule has 0 aliphatic carbocycles.